The fourth-order valence-corrected chi connectivity index (χ4v) is 3.14. The van der Waals surface area contributed by atoms with Gasteiger partial charge in [0.2, 0.25) is 0 Å². The van der Waals surface area contributed by atoms with Crippen LogP contribution in [0, 0.1) is 11.3 Å². The number of aromatic amines is 1. The molecule has 1 aliphatic rings. The SMILES string of the molecule is CC(Cc1nc2cc3c(cc2[nH]1)OCCO3)CC(C)(C)C. The highest BCUT2D eigenvalue weighted by molar-refractivity contribution is 5.79. The van der Waals surface area contributed by atoms with Crippen molar-refractivity contribution in [1.29, 1.82) is 0 Å². The zero-order valence-corrected chi connectivity index (χ0v) is 13.3. The Morgan fingerprint density at radius 2 is 1.86 bits per heavy atom. The fourth-order valence-electron chi connectivity index (χ4n) is 3.14. The Kier molecular flexibility index (Phi) is 3.56. The van der Waals surface area contributed by atoms with Gasteiger partial charge in [-0.05, 0) is 17.8 Å². The van der Waals surface area contributed by atoms with Gasteiger partial charge >= 0.3 is 0 Å². The number of hydrogen-bond acceptors (Lipinski definition) is 3. The molecule has 0 aliphatic carbocycles. The van der Waals surface area contributed by atoms with Crippen molar-refractivity contribution in [3.8, 4) is 11.5 Å². The van der Waals surface area contributed by atoms with E-state index in [1.54, 1.807) is 0 Å². The summed E-state index contributed by atoms with van der Waals surface area (Å²) >= 11 is 0. The number of nitrogens with one attached hydrogen (secondary N) is 1. The lowest BCUT2D eigenvalue weighted by Gasteiger charge is -2.22. The standard InChI is InChI=1S/C17H24N2O2/c1-11(10-17(2,3)4)7-16-18-12-8-14-15(9-13(12)19-16)21-6-5-20-14/h8-9,11H,5-7,10H2,1-4H3,(H,18,19). The lowest BCUT2D eigenvalue weighted by Crippen LogP contribution is -2.15. The molecular formula is C17H24N2O2. The Hall–Kier alpha value is -1.71. The van der Waals surface area contributed by atoms with E-state index < -0.39 is 0 Å². The first-order valence-corrected chi connectivity index (χ1v) is 7.69. The van der Waals surface area contributed by atoms with Gasteiger partial charge in [-0.1, -0.05) is 27.7 Å². The minimum absolute atomic E-state index is 0.353. The first-order valence-electron chi connectivity index (χ1n) is 7.69. The molecule has 4 nitrogen and oxygen atoms in total. The molecule has 1 atom stereocenters. The topological polar surface area (TPSA) is 47.1 Å². The minimum Gasteiger partial charge on any atom is -0.486 e. The van der Waals surface area contributed by atoms with Crippen molar-refractivity contribution in [1.82, 2.24) is 9.97 Å². The van der Waals surface area contributed by atoms with Crippen LogP contribution < -0.4 is 9.47 Å². The Morgan fingerprint density at radius 3 is 2.52 bits per heavy atom. The first-order chi connectivity index (χ1) is 9.90. The Balaban J connectivity index is 1.81. The molecule has 4 heteroatoms. The van der Waals surface area contributed by atoms with E-state index in [2.05, 4.69) is 32.7 Å². The first kappa shape index (κ1) is 14.2. The average molecular weight is 288 g/mol. The molecule has 1 aliphatic heterocycles. The van der Waals surface area contributed by atoms with Crippen molar-refractivity contribution >= 4 is 11.0 Å². The summed E-state index contributed by atoms with van der Waals surface area (Å²) in [7, 11) is 0. The highest BCUT2D eigenvalue weighted by atomic mass is 16.6. The number of hydrogen-bond donors (Lipinski definition) is 1. The van der Waals surface area contributed by atoms with Crippen molar-refractivity contribution in [3.63, 3.8) is 0 Å². The molecule has 0 amide bonds. The van der Waals surface area contributed by atoms with Crippen LogP contribution in [0.25, 0.3) is 11.0 Å². The van der Waals surface area contributed by atoms with Gasteiger partial charge in [0.25, 0.3) is 0 Å². The Labute approximate surface area is 125 Å². The number of fused-ring (bicyclic) bond motifs is 2. The van der Waals surface area contributed by atoms with Crippen LogP contribution in [0.3, 0.4) is 0 Å². The van der Waals surface area contributed by atoms with Gasteiger partial charge in [0.1, 0.15) is 19.0 Å². The highest BCUT2D eigenvalue weighted by Gasteiger charge is 2.18. The second-order valence-electron chi connectivity index (χ2n) is 7.27. The van der Waals surface area contributed by atoms with Crippen LogP contribution >= 0.6 is 0 Å². The molecule has 0 saturated carbocycles. The number of rotatable bonds is 3. The van der Waals surface area contributed by atoms with Crippen molar-refractivity contribution in [2.75, 3.05) is 13.2 Å². The third-order valence-electron chi connectivity index (χ3n) is 3.70. The third kappa shape index (κ3) is 3.31. The molecule has 0 bridgehead atoms. The third-order valence-corrected chi connectivity index (χ3v) is 3.70. The van der Waals surface area contributed by atoms with E-state index in [4.69, 9.17) is 14.5 Å². The van der Waals surface area contributed by atoms with E-state index in [-0.39, 0.29) is 0 Å². The van der Waals surface area contributed by atoms with Crippen molar-refractivity contribution < 1.29 is 9.47 Å². The molecule has 0 saturated heterocycles. The molecule has 3 rings (SSSR count). The molecule has 1 N–H and O–H groups in total. The quantitative estimate of drug-likeness (QED) is 0.930. The fraction of sp³-hybridized carbons (Fsp3) is 0.588. The van der Waals surface area contributed by atoms with Gasteiger partial charge in [0.15, 0.2) is 11.5 Å². The van der Waals surface area contributed by atoms with E-state index in [9.17, 15) is 0 Å². The van der Waals surface area contributed by atoms with Crippen LogP contribution in [0.5, 0.6) is 11.5 Å². The molecule has 21 heavy (non-hydrogen) atoms. The number of ether oxygens (including phenoxy) is 2. The summed E-state index contributed by atoms with van der Waals surface area (Å²) in [6.45, 7) is 10.4. The predicted molar refractivity (Wildman–Crippen MR) is 84.0 cm³/mol. The molecular weight excluding hydrogens is 264 g/mol. The van der Waals surface area contributed by atoms with E-state index in [1.807, 2.05) is 12.1 Å². The molecule has 114 valence electrons. The molecule has 1 unspecified atom stereocenters. The van der Waals surface area contributed by atoms with E-state index in [0.29, 0.717) is 24.5 Å². The summed E-state index contributed by atoms with van der Waals surface area (Å²) in [5.74, 6) is 3.26. The summed E-state index contributed by atoms with van der Waals surface area (Å²) in [6.07, 6.45) is 2.16. The predicted octanol–water partition coefficient (Wildman–Crippen LogP) is 3.95. The van der Waals surface area contributed by atoms with Gasteiger partial charge in [-0.2, -0.15) is 0 Å². The molecule has 2 heterocycles. The molecule has 2 aromatic rings. The number of imidazole rings is 1. The maximum absolute atomic E-state index is 5.61. The molecule has 0 radical (unpaired) electrons. The average Bonchev–Trinajstić information content (AvgIpc) is 2.74. The van der Waals surface area contributed by atoms with Crippen molar-refractivity contribution in [2.24, 2.45) is 11.3 Å². The smallest absolute Gasteiger partial charge is 0.163 e. The van der Waals surface area contributed by atoms with Crippen molar-refractivity contribution in [3.05, 3.63) is 18.0 Å². The maximum atomic E-state index is 5.61. The van der Waals surface area contributed by atoms with Crippen molar-refractivity contribution in [2.45, 2.75) is 40.5 Å². The van der Waals surface area contributed by atoms with E-state index in [0.717, 1.165) is 34.8 Å². The lowest BCUT2D eigenvalue weighted by molar-refractivity contribution is 0.172. The largest absolute Gasteiger partial charge is 0.486 e. The van der Waals surface area contributed by atoms with Gasteiger partial charge in [-0.3, -0.25) is 0 Å². The monoisotopic (exact) mass is 288 g/mol. The lowest BCUT2D eigenvalue weighted by atomic mass is 9.84. The van der Waals surface area contributed by atoms with Crippen LogP contribution in [0.4, 0.5) is 0 Å². The van der Waals surface area contributed by atoms with Crippen LogP contribution in [0.1, 0.15) is 39.9 Å². The van der Waals surface area contributed by atoms with Gasteiger partial charge in [-0.15, -0.1) is 0 Å². The molecule has 1 aromatic heterocycles. The zero-order valence-electron chi connectivity index (χ0n) is 13.3. The number of H-pyrrole nitrogens is 1. The number of benzene rings is 1. The van der Waals surface area contributed by atoms with Crippen LogP contribution in [0.15, 0.2) is 12.1 Å². The summed E-state index contributed by atoms with van der Waals surface area (Å²) in [5.41, 5.74) is 2.33. The second kappa shape index (κ2) is 5.24. The highest BCUT2D eigenvalue weighted by Crippen LogP contribution is 2.34. The Bertz CT molecular complexity index is 597. The van der Waals surface area contributed by atoms with Crippen LogP contribution in [-0.4, -0.2) is 23.2 Å². The van der Waals surface area contributed by atoms with E-state index >= 15 is 0 Å². The second-order valence-corrected chi connectivity index (χ2v) is 7.27. The number of aromatic nitrogens is 2. The van der Waals surface area contributed by atoms with Crippen LogP contribution in [0.2, 0.25) is 0 Å². The normalized spacial score (nSPS) is 16.2. The Morgan fingerprint density at radius 1 is 1.19 bits per heavy atom. The molecule has 1 aromatic carbocycles. The number of nitrogens with zero attached hydrogens (tertiary/aromatic N) is 1. The summed E-state index contributed by atoms with van der Waals surface area (Å²) < 4.78 is 11.2. The summed E-state index contributed by atoms with van der Waals surface area (Å²) in [6, 6.07) is 3.97. The van der Waals surface area contributed by atoms with Gasteiger partial charge in [0.05, 0.1) is 11.0 Å². The summed E-state index contributed by atoms with van der Waals surface area (Å²) in [5, 5.41) is 0. The minimum atomic E-state index is 0.353. The zero-order chi connectivity index (χ0) is 15.0. The van der Waals surface area contributed by atoms with Gasteiger partial charge in [0, 0.05) is 18.6 Å². The van der Waals surface area contributed by atoms with Crippen LogP contribution in [-0.2, 0) is 6.42 Å². The maximum Gasteiger partial charge on any atom is 0.163 e. The van der Waals surface area contributed by atoms with Gasteiger partial charge in [-0.25, -0.2) is 4.98 Å². The molecule has 0 fully saturated rings. The van der Waals surface area contributed by atoms with Gasteiger partial charge < -0.3 is 14.5 Å². The van der Waals surface area contributed by atoms with E-state index in [1.165, 1.54) is 6.42 Å². The molecule has 0 spiro atoms. The summed E-state index contributed by atoms with van der Waals surface area (Å²) in [4.78, 5) is 8.12.